The minimum Gasteiger partial charge on any atom is -0.461 e. The zero-order chi connectivity index (χ0) is 18.7. The van der Waals surface area contributed by atoms with Gasteiger partial charge in [0.15, 0.2) is 21.4 Å². The first-order valence-electron chi connectivity index (χ1n) is 8.00. The Bertz CT molecular complexity index is 989. The molecule has 1 aromatic heterocycles. The monoisotopic (exact) mass is 388 g/mol. The Balaban J connectivity index is 2.03. The van der Waals surface area contributed by atoms with E-state index in [1.54, 1.807) is 54.6 Å². The predicted molar refractivity (Wildman–Crippen MR) is 100 cm³/mol. The summed E-state index contributed by atoms with van der Waals surface area (Å²) in [6, 6.07) is 16.2. The molecule has 0 radical (unpaired) electrons. The second-order valence-electron chi connectivity index (χ2n) is 6.00. The molecule has 0 aliphatic rings. The van der Waals surface area contributed by atoms with E-state index in [-0.39, 0.29) is 22.9 Å². The van der Waals surface area contributed by atoms with Gasteiger partial charge in [0.2, 0.25) is 0 Å². The largest absolute Gasteiger partial charge is 0.461 e. The van der Waals surface area contributed by atoms with Crippen LogP contribution in [0.15, 0.2) is 76.2 Å². The maximum absolute atomic E-state index is 13.2. The number of carbonyl (C=O) groups is 1. The standard InChI is InChI=1S/C20H17ClO4S/c1-14-4-10-17(11-5-14)26(23,24)20(15-6-8-16(21)9-7-15)13-18(22)19-3-2-12-25-19/h2-12,20H,13H2,1H3/t20-/m0/s1. The third kappa shape index (κ3) is 3.89. The molecule has 3 rings (SSSR count). The maximum Gasteiger partial charge on any atom is 0.199 e. The molecule has 3 aromatic rings. The molecule has 0 aliphatic heterocycles. The Morgan fingerprint density at radius 1 is 1.04 bits per heavy atom. The molecule has 0 fully saturated rings. The van der Waals surface area contributed by atoms with Crippen LogP contribution < -0.4 is 0 Å². The molecule has 0 N–H and O–H groups in total. The van der Waals surface area contributed by atoms with Gasteiger partial charge >= 0.3 is 0 Å². The molecule has 134 valence electrons. The number of rotatable bonds is 6. The van der Waals surface area contributed by atoms with E-state index < -0.39 is 15.1 Å². The van der Waals surface area contributed by atoms with Crippen molar-refractivity contribution in [1.29, 1.82) is 0 Å². The lowest BCUT2D eigenvalue weighted by Crippen LogP contribution is -2.18. The van der Waals surface area contributed by atoms with Crippen LogP contribution in [0.3, 0.4) is 0 Å². The van der Waals surface area contributed by atoms with Crippen molar-refractivity contribution < 1.29 is 17.6 Å². The van der Waals surface area contributed by atoms with E-state index in [1.165, 1.54) is 12.3 Å². The highest BCUT2D eigenvalue weighted by Gasteiger charge is 2.32. The molecule has 0 spiro atoms. The van der Waals surface area contributed by atoms with Crippen molar-refractivity contribution in [2.45, 2.75) is 23.5 Å². The van der Waals surface area contributed by atoms with Crippen LogP contribution in [-0.2, 0) is 9.84 Å². The number of carbonyl (C=O) groups excluding carboxylic acids is 1. The van der Waals surface area contributed by atoms with Gasteiger partial charge in [-0.05, 0) is 48.9 Å². The van der Waals surface area contributed by atoms with E-state index in [9.17, 15) is 13.2 Å². The molecular formula is C20H17ClO4S. The highest BCUT2D eigenvalue weighted by molar-refractivity contribution is 7.91. The summed E-state index contributed by atoms with van der Waals surface area (Å²) in [6.07, 6.45) is 1.17. The quantitative estimate of drug-likeness (QED) is 0.555. The van der Waals surface area contributed by atoms with Gasteiger partial charge in [0.05, 0.1) is 16.4 Å². The molecule has 26 heavy (non-hydrogen) atoms. The topological polar surface area (TPSA) is 64.3 Å². The van der Waals surface area contributed by atoms with E-state index in [2.05, 4.69) is 0 Å². The van der Waals surface area contributed by atoms with Gasteiger partial charge < -0.3 is 4.42 Å². The summed E-state index contributed by atoms with van der Waals surface area (Å²) in [4.78, 5) is 12.7. The average molecular weight is 389 g/mol. The first-order chi connectivity index (χ1) is 12.4. The summed E-state index contributed by atoms with van der Waals surface area (Å²) in [6.45, 7) is 1.88. The van der Waals surface area contributed by atoms with Crippen molar-refractivity contribution in [1.82, 2.24) is 0 Å². The van der Waals surface area contributed by atoms with E-state index in [0.29, 0.717) is 10.6 Å². The highest BCUT2D eigenvalue weighted by Crippen LogP contribution is 2.33. The number of aryl methyl sites for hydroxylation is 1. The molecule has 0 saturated carbocycles. The third-order valence-electron chi connectivity index (χ3n) is 4.13. The fraction of sp³-hybridized carbons (Fsp3) is 0.150. The van der Waals surface area contributed by atoms with Gasteiger partial charge in [-0.1, -0.05) is 41.4 Å². The number of Topliss-reactive ketones (excluding diaryl/α,β-unsaturated/α-hetero) is 1. The average Bonchev–Trinajstić information content (AvgIpc) is 3.15. The number of ketones is 1. The molecule has 0 unspecified atom stereocenters. The minimum absolute atomic E-state index is 0.142. The summed E-state index contributed by atoms with van der Waals surface area (Å²) in [5.41, 5.74) is 1.47. The van der Waals surface area contributed by atoms with Crippen LogP contribution in [-0.4, -0.2) is 14.2 Å². The number of furan rings is 1. The molecule has 6 heteroatoms. The zero-order valence-electron chi connectivity index (χ0n) is 14.1. The van der Waals surface area contributed by atoms with Crippen molar-refractivity contribution in [3.05, 3.63) is 88.8 Å². The lowest BCUT2D eigenvalue weighted by molar-refractivity contribution is 0.0954. The van der Waals surface area contributed by atoms with Gasteiger partial charge in [-0.25, -0.2) is 8.42 Å². The molecular weight excluding hydrogens is 372 g/mol. The SMILES string of the molecule is Cc1ccc(S(=O)(=O)[C@@H](CC(=O)c2ccco2)c2ccc(Cl)cc2)cc1. The lowest BCUT2D eigenvalue weighted by Gasteiger charge is -2.18. The van der Waals surface area contributed by atoms with Gasteiger partial charge in [0, 0.05) is 11.4 Å². The highest BCUT2D eigenvalue weighted by atomic mass is 35.5. The van der Waals surface area contributed by atoms with Gasteiger partial charge in [0.1, 0.15) is 0 Å². The van der Waals surface area contributed by atoms with Gasteiger partial charge in [-0.15, -0.1) is 0 Å². The second kappa shape index (κ2) is 7.48. The predicted octanol–water partition coefficient (Wildman–Crippen LogP) is 5.03. The van der Waals surface area contributed by atoms with E-state index in [0.717, 1.165) is 5.56 Å². The summed E-state index contributed by atoms with van der Waals surface area (Å²) in [7, 11) is -3.78. The Labute approximate surface area is 157 Å². The number of halogens is 1. The first-order valence-corrected chi connectivity index (χ1v) is 9.93. The van der Waals surface area contributed by atoms with Gasteiger partial charge in [0.25, 0.3) is 0 Å². The smallest absolute Gasteiger partial charge is 0.199 e. The number of benzene rings is 2. The van der Waals surface area contributed by atoms with Crippen molar-refractivity contribution >= 4 is 27.2 Å². The molecule has 0 saturated heterocycles. The lowest BCUT2D eigenvalue weighted by atomic mass is 10.1. The zero-order valence-corrected chi connectivity index (χ0v) is 15.6. The summed E-state index contributed by atoms with van der Waals surface area (Å²) in [5.74, 6) is -0.228. The van der Waals surface area contributed by atoms with Crippen molar-refractivity contribution in [3.8, 4) is 0 Å². The number of sulfone groups is 1. The summed E-state index contributed by atoms with van der Waals surface area (Å²) in [5, 5.41) is -0.530. The summed E-state index contributed by atoms with van der Waals surface area (Å²) >= 11 is 5.92. The van der Waals surface area contributed by atoms with Crippen LogP contribution in [0.1, 0.15) is 33.4 Å². The Morgan fingerprint density at radius 3 is 2.27 bits per heavy atom. The molecule has 0 bridgehead atoms. The van der Waals surface area contributed by atoms with Crippen LogP contribution >= 0.6 is 11.6 Å². The molecule has 0 aliphatic carbocycles. The van der Waals surface area contributed by atoms with Gasteiger partial charge in [-0.3, -0.25) is 4.79 Å². The molecule has 0 amide bonds. The summed E-state index contributed by atoms with van der Waals surface area (Å²) < 4.78 is 31.6. The normalized spacial score (nSPS) is 12.7. The molecule has 1 atom stereocenters. The van der Waals surface area contributed by atoms with E-state index in [4.69, 9.17) is 16.0 Å². The van der Waals surface area contributed by atoms with Gasteiger partial charge in [-0.2, -0.15) is 0 Å². The van der Waals surface area contributed by atoms with Crippen LogP contribution in [0.25, 0.3) is 0 Å². The Kier molecular flexibility index (Phi) is 5.30. The minimum atomic E-state index is -3.78. The first kappa shape index (κ1) is 18.4. The van der Waals surface area contributed by atoms with Crippen molar-refractivity contribution in [2.75, 3.05) is 0 Å². The Morgan fingerprint density at radius 2 is 1.69 bits per heavy atom. The Hall–Kier alpha value is -2.37. The molecule has 4 nitrogen and oxygen atoms in total. The molecule has 2 aromatic carbocycles. The number of hydrogen-bond donors (Lipinski definition) is 0. The van der Waals surface area contributed by atoms with Crippen LogP contribution in [0, 0.1) is 6.92 Å². The van der Waals surface area contributed by atoms with Crippen LogP contribution in [0.4, 0.5) is 0 Å². The fourth-order valence-corrected chi connectivity index (χ4v) is 4.54. The van der Waals surface area contributed by atoms with E-state index >= 15 is 0 Å². The fourth-order valence-electron chi connectivity index (χ4n) is 2.68. The van der Waals surface area contributed by atoms with E-state index in [1.807, 2.05) is 6.92 Å². The maximum atomic E-state index is 13.2. The third-order valence-corrected chi connectivity index (χ3v) is 6.50. The van der Waals surface area contributed by atoms with Crippen LogP contribution in [0.2, 0.25) is 5.02 Å². The second-order valence-corrected chi connectivity index (χ2v) is 8.57. The van der Waals surface area contributed by atoms with Crippen LogP contribution in [0.5, 0.6) is 0 Å². The number of hydrogen-bond acceptors (Lipinski definition) is 4. The molecule has 1 heterocycles. The van der Waals surface area contributed by atoms with Crippen molar-refractivity contribution in [3.63, 3.8) is 0 Å². The van der Waals surface area contributed by atoms with Crippen molar-refractivity contribution in [2.24, 2.45) is 0 Å².